The first-order valence-electron chi connectivity index (χ1n) is 8.93. The van der Waals surface area contributed by atoms with Crippen LogP contribution in [0.4, 0.5) is 9.52 Å². The molecule has 3 heterocycles. The van der Waals surface area contributed by atoms with E-state index in [1.807, 2.05) is 29.1 Å². The number of piperidine rings is 1. The molecule has 1 amide bonds. The number of carbonyl (C=O) groups excluding carboxylic acids is 1. The zero-order valence-electron chi connectivity index (χ0n) is 14.7. The lowest BCUT2D eigenvalue weighted by molar-refractivity contribution is -0.125. The summed E-state index contributed by atoms with van der Waals surface area (Å²) in [6.45, 7) is 1.83. The molecule has 0 unspecified atom stereocenters. The summed E-state index contributed by atoms with van der Waals surface area (Å²) in [5.41, 5.74) is 0.761. The molecule has 4 rings (SSSR count). The van der Waals surface area contributed by atoms with Gasteiger partial charge in [0.15, 0.2) is 0 Å². The molecule has 27 heavy (non-hydrogen) atoms. The predicted octanol–water partition coefficient (Wildman–Crippen LogP) is 3.00. The molecule has 1 aromatic carbocycles. The molecule has 1 N–H and O–H groups in total. The minimum absolute atomic E-state index is 0.000824. The van der Waals surface area contributed by atoms with Crippen LogP contribution in [0.2, 0.25) is 0 Å². The number of halogens is 1. The van der Waals surface area contributed by atoms with Crippen molar-refractivity contribution >= 4 is 22.4 Å². The molecule has 3 aromatic rings. The van der Waals surface area contributed by atoms with Crippen molar-refractivity contribution in [3.63, 3.8) is 0 Å². The average molecular weight is 385 g/mol. The van der Waals surface area contributed by atoms with E-state index in [2.05, 4.69) is 20.4 Å². The number of hydrogen-bond acceptors (Lipinski definition) is 5. The summed E-state index contributed by atoms with van der Waals surface area (Å²) >= 11 is 1.52. The molecule has 0 aliphatic carbocycles. The van der Waals surface area contributed by atoms with Gasteiger partial charge in [-0.15, -0.1) is 10.2 Å². The predicted molar refractivity (Wildman–Crippen MR) is 102 cm³/mol. The average Bonchev–Trinajstić information content (AvgIpc) is 3.38. The van der Waals surface area contributed by atoms with Crippen molar-refractivity contribution in [3.05, 3.63) is 60.2 Å². The van der Waals surface area contributed by atoms with Gasteiger partial charge in [0.2, 0.25) is 16.2 Å². The van der Waals surface area contributed by atoms with Crippen LogP contribution in [0.5, 0.6) is 0 Å². The van der Waals surface area contributed by atoms with Crippen LogP contribution < -0.4 is 10.2 Å². The number of aromatic nitrogens is 3. The molecular formula is C19H20FN5OS. The molecule has 1 atom stereocenters. The monoisotopic (exact) mass is 385 g/mol. The normalized spacial score (nSPS) is 17.1. The highest BCUT2D eigenvalue weighted by molar-refractivity contribution is 7.17. The minimum atomic E-state index is -0.291. The van der Waals surface area contributed by atoms with Crippen LogP contribution in [-0.2, 0) is 11.3 Å². The molecular weight excluding hydrogens is 365 g/mol. The highest BCUT2D eigenvalue weighted by Crippen LogP contribution is 2.28. The Morgan fingerprint density at radius 3 is 2.85 bits per heavy atom. The van der Waals surface area contributed by atoms with E-state index < -0.39 is 0 Å². The topological polar surface area (TPSA) is 63.1 Å². The van der Waals surface area contributed by atoms with Gasteiger partial charge in [0, 0.05) is 32.0 Å². The van der Waals surface area contributed by atoms with Crippen LogP contribution >= 0.6 is 11.3 Å². The van der Waals surface area contributed by atoms with E-state index in [1.54, 1.807) is 12.1 Å². The highest BCUT2D eigenvalue weighted by atomic mass is 32.1. The Hall–Kier alpha value is -2.74. The molecule has 0 saturated carbocycles. The van der Waals surface area contributed by atoms with Crippen LogP contribution in [0, 0.1) is 11.7 Å². The number of nitrogens with one attached hydrogen (secondary N) is 1. The van der Waals surface area contributed by atoms with E-state index >= 15 is 0 Å². The summed E-state index contributed by atoms with van der Waals surface area (Å²) in [4.78, 5) is 14.7. The van der Waals surface area contributed by atoms with Crippen LogP contribution in [-0.4, -0.2) is 33.8 Å². The Labute approximate surface area is 160 Å². The molecule has 0 bridgehead atoms. The van der Waals surface area contributed by atoms with E-state index in [0.717, 1.165) is 35.2 Å². The zero-order valence-corrected chi connectivity index (χ0v) is 15.5. The van der Waals surface area contributed by atoms with E-state index in [1.165, 1.54) is 23.5 Å². The molecule has 6 nitrogen and oxygen atoms in total. The number of amides is 1. The second-order valence-electron chi connectivity index (χ2n) is 6.59. The van der Waals surface area contributed by atoms with Gasteiger partial charge in [0.1, 0.15) is 5.82 Å². The van der Waals surface area contributed by atoms with Gasteiger partial charge in [-0.25, -0.2) is 4.39 Å². The zero-order chi connectivity index (χ0) is 18.6. The van der Waals surface area contributed by atoms with Gasteiger partial charge in [-0.1, -0.05) is 23.5 Å². The SMILES string of the molecule is O=C(NCc1cccc(F)c1)[C@H]1CCCN(c2nnc(-n3cccc3)s2)C1. The third-order valence-electron chi connectivity index (χ3n) is 4.65. The van der Waals surface area contributed by atoms with Crippen molar-refractivity contribution in [1.29, 1.82) is 0 Å². The number of hydrogen-bond donors (Lipinski definition) is 1. The molecule has 1 aliphatic heterocycles. The fourth-order valence-electron chi connectivity index (χ4n) is 3.25. The van der Waals surface area contributed by atoms with Gasteiger partial charge in [0.05, 0.1) is 5.92 Å². The minimum Gasteiger partial charge on any atom is -0.352 e. The number of rotatable bonds is 5. The first-order valence-corrected chi connectivity index (χ1v) is 9.74. The Kier molecular flexibility index (Phi) is 5.15. The number of carbonyl (C=O) groups is 1. The maximum atomic E-state index is 13.3. The van der Waals surface area contributed by atoms with Gasteiger partial charge in [-0.05, 0) is 42.7 Å². The van der Waals surface area contributed by atoms with Crippen molar-refractivity contribution in [1.82, 2.24) is 20.1 Å². The van der Waals surface area contributed by atoms with Crippen molar-refractivity contribution in [2.24, 2.45) is 5.92 Å². The summed E-state index contributed by atoms with van der Waals surface area (Å²) in [5.74, 6) is -0.397. The first kappa shape index (κ1) is 17.7. The second-order valence-corrected chi connectivity index (χ2v) is 7.52. The van der Waals surface area contributed by atoms with E-state index in [9.17, 15) is 9.18 Å². The van der Waals surface area contributed by atoms with Gasteiger partial charge in [-0.2, -0.15) is 0 Å². The quantitative estimate of drug-likeness (QED) is 0.733. The third kappa shape index (κ3) is 4.16. The van der Waals surface area contributed by atoms with E-state index in [-0.39, 0.29) is 17.6 Å². The molecule has 8 heteroatoms. The van der Waals surface area contributed by atoms with Crippen molar-refractivity contribution < 1.29 is 9.18 Å². The number of anilines is 1. The lowest BCUT2D eigenvalue weighted by atomic mass is 9.97. The van der Waals surface area contributed by atoms with Gasteiger partial charge < -0.3 is 10.2 Å². The maximum Gasteiger partial charge on any atom is 0.225 e. The van der Waals surface area contributed by atoms with Crippen LogP contribution in [0.25, 0.3) is 5.13 Å². The highest BCUT2D eigenvalue weighted by Gasteiger charge is 2.27. The fourth-order valence-corrected chi connectivity index (χ4v) is 4.10. The Morgan fingerprint density at radius 2 is 2.04 bits per heavy atom. The molecule has 0 radical (unpaired) electrons. The fraction of sp³-hybridized carbons (Fsp3) is 0.316. The summed E-state index contributed by atoms with van der Waals surface area (Å²) in [7, 11) is 0. The van der Waals surface area contributed by atoms with Gasteiger partial charge in [-0.3, -0.25) is 9.36 Å². The molecule has 1 fully saturated rings. The lowest BCUT2D eigenvalue weighted by Gasteiger charge is -2.31. The molecule has 1 saturated heterocycles. The van der Waals surface area contributed by atoms with E-state index in [4.69, 9.17) is 0 Å². The van der Waals surface area contributed by atoms with Gasteiger partial charge >= 0.3 is 0 Å². The second kappa shape index (κ2) is 7.87. The van der Waals surface area contributed by atoms with Crippen molar-refractivity contribution in [2.75, 3.05) is 18.0 Å². The maximum absolute atomic E-state index is 13.3. The molecule has 1 aliphatic rings. The molecule has 140 valence electrons. The van der Waals surface area contributed by atoms with Gasteiger partial charge in [0.25, 0.3) is 0 Å². The summed E-state index contributed by atoms with van der Waals surface area (Å²) < 4.78 is 15.2. The lowest BCUT2D eigenvalue weighted by Crippen LogP contribution is -2.43. The summed E-state index contributed by atoms with van der Waals surface area (Å²) in [6.07, 6.45) is 5.64. The molecule has 0 spiro atoms. The van der Waals surface area contributed by atoms with Crippen LogP contribution in [0.1, 0.15) is 18.4 Å². The summed E-state index contributed by atoms with van der Waals surface area (Å²) in [5, 5.41) is 13.1. The Balaban J connectivity index is 1.37. The van der Waals surface area contributed by atoms with E-state index in [0.29, 0.717) is 13.1 Å². The smallest absolute Gasteiger partial charge is 0.225 e. The first-order chi connectivity index (χ1) is 13.2. The van der Waals surface area contributed by atoms with Crippen LogP contribution in [0.3, 0.4) is 0 Å². The molecule has 2 aromatic heterocycles. The standard InChI is InChI=1S/C19H20FN5OS/c20-16-7-3-5-14(11-16)12-21-17(26)15-6-4-10-25(13-15)19-23-22-18(27-19)24-8-1-2-9-24/h1-3,5,7-9,11,15H,4,6,10,12-13H2,(H,21,26)/t15-/m0/s1. The largest absolute Gasteiger partial charge is 0.352 e. The number of nitrogens with zero attached hydrogens (tertiary/aromatic N) is 4. The number of benzene rings is 1. The Morgan fingerprint density at radius 1 is 1.22 bits per heavy atom. The summed E-state index contributed by atoms with van der Waals surface area (Å²) in [6, 6.07) is 10.2. The van der Waals surface area contributed by atoms with Crippen molar-refractivity contribution in [3.8, 4) is 5.13 Å². The third-order valence-corrected chi connectivity index (χ3v) is 5.64. The Bertz CT molecular complexity index is 910. The van der Waals surface area contributed by atoms with Crippen LogP contribution in [0.15, 0.2) is 48.8 Å². The van der Waals surface area contributed by atoms with Crippen molar-refractivity contribution in [2.45, 2.75) is 19.4 Å².